The lowest BCUT2D eigenvalue weighted by Gasteiger charge is -2.32. The van der Waals surface area contributed by atoms with Gasteiger partial charge < -0.3 is 14.2 Å². The molecule has 5 nitrogen and oxygen atoms in total. The number of hydrogen-bond acceptors (Lipinski definition) is 5. The van der Waals surface area contributed by atoms with Crippen LogP contribution in [0.25, 0.3) is 0 Å². The van der Waals surface area contributed by atoms with Crippen LogP contribution in [-0.2, 0) is 23.8 Å². The lowest BCUT2D eigenvalue weighted by molar-refractivity contribution is -0.168. The summed E-state index contributed by atoms with van der Waals surface area (Å²) in [6.45, 7) is 5.36. The highest BCUT2D eigenvalue weighted by molar-refractivity contribution is 5.73. The summed E-state index contributed by atoms with van der Waals surface area (Å²) in [5, 5.41) is 0. The van der Waals surface area contributed by atoms with Crippen LogP contribution in [0.2, 0.25) is 0 Å². The molecular formula is C12H20O5. The molecule has 0 saturated heterocycles. The summed E-state index contributed by atoms with van der Waals surface area (Å²) in [4.78, 5) is 22.4. The van der Waals surface area contributed by atoms with Gasteiger partial charge in [-0.15, -0.1) is 0 Å². The number of carbonyl (C=O) groups excluding carboxylic acids is 2. The molecule has 0 aliphatic heterocycles. The number of rotatable bonds is 4. The number of methoxy groups -OCH3 is 1. The molecule has 0 amide bonds. The lowest BCUT2D eigenvalue weighted by Crippen LogP contribution is -2.38. The third-order valence-electron chi connectivity index (χ3n) is 2.49. The van der Waals surface area contributed by atoms with Crippen LogP contribution in [0, 0.1) is 5.92 Å². The van der Waals surface area contributed by atoms with Crippen molar-refractivity contribution >= 4 is 11.9 Å². The minimum absolute atomic E-state index is 0.0355. The maximum Gasteiger partial charge on any atom is 0.332 e. The van der Waals surface area contributed by atoms with Gasteiger partial charge in [0.05, 0.1) is 19.1 Å². The van der Waals surface area contributed by atoms with Crippen LogP contribution in [0.5, 0.6) is 0 Å². The SMILES string of the molecule is COC(=O)[C@H]1C[C@@H](OCC(=O)OC(C)(C)C)C1. The van der Waals surface area contributed by atoms with E-state index in [1.807, 2.05) is 20.8 Å². The van der Waals surface area contributed by atoms with Crippen molar-refractivity contribution in [1.29, 1.82) is 0 Å². The molecule has 1 fully saturated rings. The third kappa shape index (κ3) is 4.73. The predicted octanol–water partition coefficient (Wildman–Crippen LogP) is 1.30. The third-order valence-corrected chi connectivity index (χ3v) is 2.49. The van der Waals surface area contributed by atoms with Gasteiger partial charge in [0.15, 0.2) is 0 Å². The van der Waals surface area contributed by atoms with Gasteiger partial charge in [-0.2, -0.15) is 0 Å². The lowest BCUT2D eigenvalue weighted by atomic mass is 9.82. The van der Waals surface area contributed by atoms with Crippen LogP contribution in [0.4, 0.5) is 0 Å². The van der Waals surface area contributed by atoms with E-state index in [2.05, 4.69) is 4.74 Å². The van der Waals surface area contributed by atoms with Crippen molar-refractivity contribution < 1.29 is 23.8 Å². The zero-order chi connectivity index (χ0) is 13.1. The quantitative estimate of drug-likeness (QED) is 0.697. The molecule has 0 N–H and O–H groups in total. The molecule has 0 spiro atoms. The van der Waals surface area contributed by atoms with Crippen molar-refractivity contribution in [2.45, 2.75) is 45.3 Å². The Morgan fingerprint density at radius 1 is 1.24 bits per heavy atom. The van der Waals surface area contributed by atoms with Gasteiger partial charge >= 0.3 is 11.9 Å². The summed E-state index contributed by atoms with van der Waals surface area (Å²) >= 11 is 0. The normalized spacial score (nSPS) is 23.8. The van der Waals surface area contributed by atoms with Crippen molar-refractivity contribution in [2.24, 2.45) is 5.92 Å². The Balaban J connectivity index is 2.14. The van der Waals surface area contributed by atoms with Crippen LogP contribution < -0.4 is 0 Å². The fraction of sp³-hybridized carbons (Fsp3) is 0.833. The van der Waals surface area contributed by atoms with E-state index in [0.29, 0.717) is 12.8 Å². The second-order valence-electron chi connectivity index (χ2n) is 5.21. The maximum atomic E-state index is 11.3. The van der Waals surface area contributed by atoms with E-state index in [1.54, 1.807) is 0 Å². The Bertz CT molecular complexity index is 286. The van der Waals surface area contributed by atoms with E-state index in [4.69, 9.17) is 9.47 Å². The monoisotopic (exact) mass is 244 g/mol. The number of hydrogen-bond donors (Lipinski definition) is 0. The molecule has 0 aromatic rings. The Labute approximate surface area is 101 Å². The van der Waals surface area contributed by atoms with Crippen molar-refractivity contribution in [3.8, 4) is 0 Å². The average Bonchev–Trinajstić information content (AvgIpc) is 2.11. The number of carbonyl (C=O) groups is 2. The first-order chi connectivity index (χ1) is 7.81. The highest BCUT2D eigenvalue weighted by Crippen LogP contribution is 2.30. The Kier molecular flexibility index (Phi) is 4.51. The van der Waals surface area contributed by atoms with Crippen LogP contribution in [0.15, 0.2) is 0 Å². The second-order valence-corrected chi connectivity index (χ2v) is 5.21. The first kappa shape index (κ1) is 14.0. The zero-order valence-corrected chi connectivity index (χ0v) is 10.8. The van der Waals surface area contributed by atoms with Gasteiger partial charge in [0.25, 0.3) is 0 Å². The van der Waals surface area contributed by atoms with Gasteiger partial charge in [0.2, 0.25) is 0 Å². The van der Waals surface area contributed by atoms with E-state index in [9.17, 15) is 9.59 Å². The Morgan fingerprint density at radius 3 is 2.29 bits per heavy atom. The standard InChI is InChI=1S/C12H20O5/c1-12(2,3)17-10(13)7-16-9-5-8(6-9)11(14)15-4/h8-9H,5-7H2,1-4H3/t8-,9+. The van der Waals surface area contributed by atoms with Crippen LogP contribution in [0.1, 0.15) is 33.6 Å². The Morgan fingerprint density at radius 2 is 1.82 bits per heavy atom. The van der Waals surface area contributed by atoms with Crippen LogP contribution >= 0.6 is 0 Å². The highest BCUT2D eigenvalue weighted by atomic mass is 16.6. The average molecular weight is 244 g/mol. The van der Waals surface area contributed by atoms with Gasteiger partial charge in [-0.25, -0.2) is 4.79 Å². The minimum Gasteiger partial charge on any atom is -0.469 e. The van der Waals surface area contributed by atoms with Crippen LogP contribution in [-0.4, -0.2) is 37.4 Å². The fourth-order valence-electron chi connectivity index (χ4n) is 1.62. The van der Waals surface area contributed by atoms with Crippen molar-refractivity contribution in [2.75, 3.05) is 13.7 Å². The maximum absolute atomic E-state index is 11.3. The summed E-state index contributed by atoms with van der Waals surface area (Å²) in [5.74, 6) is -0.662. The molecule has 0 bridgehead atoms. The molecule has 98 valence electrons. The molecule has 0 heterocycles. The first-order valence-electron chi connectivity index (χ1n) is 5.73. The number of esters is 2. The van der Waals surface area contributed by atoms with Crippen molar-refractivity contribution in [3.05, 3.63) is 0 Å². The molecule has 5 heteroatoms. The summed E-state index contributed by atoms with van der Waals surface area (Å²) in [5.41, 5.74) is -0.491. The second kappa shape index (κ2) is 5.49. The zero-order valence-electron chi connectivity index (χ0n) is 10.8. The minimum atomic E-state index is -0.491. The molecule has 0 atom stereocenters. The fourth-order valence-corrected chi connectivity index (χ4v) is 1.62. The van der Waals surface area contributed by atoms with E-state index in [1.165, 1.54) is 7.11 Å². The van der Waals surface area contributed by atoms with Gasteiger partial charge in [0, 0.05) is 0 Å². The topological polar surface area (TPSA) is 61.8 Å². The molecule has 0 aromatic carbocycles. The van der Waals surface area contributed by atoms with E-state index in [0.717, 1.165) is 0 Å². The molecule has 1 saturated carbocycles. The molecule has 0 aromatic heterocycles. The molecular weight excluding hydrogens is 224 g/mol. The predicted molar refractivity (Wildman–Crippen MR) is 60.3 cm³/mol. The van der Waals surface area contributed by atoms with Gasteiger partial charge in [0.1, 0.15) is 12.2 Å². The highest BCUT2D eigenvalue weighted by Gasteiger charge is 2.36. The van der Waals surface area contributed by atoms with E-state index < -0.39 is 5.60 Å². The summed E-state index contributed by atoms with van der Waals surface area (Å²) in [6.07, 6.45) is 1.21. The molecule has 0 unspecified atom stereocenters. The Hall–Kier alpha value is -1.10. The summed E-state index contributed by atoms with van der Waals surface area (Å²) in [6, 6.07) is 0. The summed E-state index contributed by atoms with van der Waals surface area (Å²) < 4.78 is 15.0. The number of ether oxygens (including phenoxy) is 3. The van der Waals surface area contributed by atoms with Gasteiger partial charge in [-0.3, -0.25) is 4.79 Å². The molecule has 17 heavy (non-hydrogen) atoms. The van der Waals surface area contributed by atoms with E-state index >= 15 is 0 Å². The first-order valence-corrected chi connectivity index (χ1v) is 5.73. The largest absolute Gasteiger partial charge is 0.469 e. The summed E-state index contributed by atoms with van der Waals surface area (Å²) in [7, 11) is 1.37. The molecule has 1 aliphatic carbocycles. The van der Waals surface area contributed by atoms with Gasteiger partial charge in [-0.05, 0) is 33.6 Å². The molecule has 1 aliphatic rings. The van der Waals surface area contributed by atoms with Crippen LogP contribution in [0.3, 0.4) is 0 Å². The van der Waals surface area contributed by atoms with Crippen molar-refractivity contribution in [1.82, 2.24) is 0 Å². The van der Waals surface area contributed by atoms with Gasteiger partial charge in [-0.1, -0.05) is 0 Å². The van der Waals surface area contributed by atoms with E-state index in [-0.39, 0.29) is 30.6 Å². The van der Waals surface area contributed by atoms with Crippen molar-refractivity contribution in [3.63, 3.8) is 0 Å². The molecule has 0 radical (unpaired) electrons. The smallest absolute Gasteiger partial charge is 0.332 e. The molecule has 1 rings (SSSR count).